The van der Waals surface area contributed by atoms with Crippen molar-refractivity contribution in [3.63, 3.8) is 0 Å². The second kappa shape index (κ2) is 9.05. The normalized spacial score (nSPS) is 17.5. The van der Waals surface area contributed by atoms with Crippen molar-refractivity contribution in [2.45, 2.75) is 39.2 Å². The maximum Gasteiger partial charge on any atom is 0.286 e. The van der Waals surface area contributed by atoms with Gasteiger partial charge in [-0.1, -0.05) is 35.5 Å². The van der Waals surface area contributed by atoms with Gasteiger partial charge in [0.25, 0.3) is 11.8 Å². The Bertz CT molecular complexity index is 790. The molecule has 0 unspecified atom stereocenters. The Morgan fingerprint density at radius 3 is 2.56 bits per heavy atom. The minimum absolute atomic E-state index is 0.172. The van der Waals surface area contributed by atoms with Crippen LogP contribution in [0.3, 0.4) is 0 Å². The molecule has 0 bridgehead atoms. The van der Waals surface area contributed by atoms with Crippen molar-refractivity contribution >= 4 is 28.8 Å². The fraction of sp³-hybridized carbons (Fsp3) is 0.474. The molecule has 2 amide bonds. The van der Waals surface area contributed by atoms with Gasteiger partial charge in [0.1, 0.15) is 0 Å². The van der Waals surface area contributed by atoms with Crippen LogP contribution >= 0.6 is 11.3 Å². The zero-order chi connectivity index (χ0) is 19.2. The standard InChI is InChI=1S/C19H25N5O2S/c1-13-6-8-15(9-7-13)21-17(26)19-23-22-18(27-19)16(25)20-10-12-24-11-4-3-5-14(24)2/h6-9,14H,3-5,10-12H2,1-2H3,(H,20,25)(H,21,26)/t14-/m1/s1. The van der Waals surface area contributed by atoms with Crippen molar-refractivity contribution < 1.29 is 9.59 Å². The predicted molar refractivity (Wildman–Crippen MR) is 106 cm³/mol. The quantitative estimate of drug-likeness (QED) is 0.796. The van der Waals surface area contributed by atoms with Gasteiger partial charge in [-0.2, -0.15) is 0 Å². The molecule has 3 rings (SSSR count). The largest absolute Gasteiger partial charge is 0.349 e. The molecule has 1 aliphatic heterocycles. The molecule has 1 aromatic heterocycles. The Kier molecular flexibility index (Phi) is 6.52. The van der Waals surface area contributed by atoms with Crippen LogP contribution in [-0.2, 0) is 0 Å². The van der Waals surface area contributed by atoms with Crippen LogP contribution in [0.5, 0.6) is 0 Å². The number of anilines is 1. The van der Waals surface area contributed by atoms with E-state index in [1.165, 1.54) is 19.3 Å². The van der Waals surface area contributed by atoms with Gasteiger partial charge in [-0.3, -0.25) is 14.5 Å². The molecule has 2 N–H and O–H groups in total. The first-order valence-corrected chi connectivity index (χ1v) is 10.1. The lowest BCUT2D eigenvalue weighted by molar-refractivity contribution is 0.0936. The number of nitrogens with zero attached hydrogens (tertiary/aromatic N) is 3. The van der Waals surface area contributed by atoms with Crippen molar-refractivity contribution in [2.24, 2.45) is 0 Å². The summed E-state index contributed by atoms with van der Waals surface area (Å²) in [5, 5.41) is 13.7. The van der Waals surface area contributed by atoms with Gasteiger partial charge >= 0.3 is 0 Å². The minimum Gasteiger partial charge on any atom is -0.349 e. The van der Waals surface area contributed by atoms with E-state index in [9.17, 15) is 9.59 Å². The Balaban J connectivity index is 1.49. The lowest BCUT2D eigenvalue weighted by Gasteiger charge is -2.33. The number of hydrogen-bond acceptors (Lipinski definition) is 6. The van der Waals surface area contributed by atoms with Crippen LogP contribution < -0.4 is 10.6 Å². The van der Waals surface area contributed by atoms with Crippen LogP contribution in [0, 0.1) is 6.92 Å². The number of rotatable bonds is 6. The van der Waals surface area contributed by atoms with E-state index in [4.69, 9.17) is 0 Å². The molecule has 144 valence electrons. The van der Waals surface area contributed by atoms with Crippen molar-refractivity contribution in [1.82, 2.24) is 20.4 Å². The second-order valence-electron chi connectivity index (χ2n) is 6.87. The zero-order valence-electron chi connectivity index (χ0n) is 15.7. The molecular weight excluding hydrogens is 362 g/mol. The molecule has 1 atom stereocenters. The number of hydrogen-bond donors (Lipinski definition) is 2. The molecule has 7 nitrogen and oxygen atoms in total. The summed E-state index contributed by atoms with van der Waals surface area (Å²) in [6, 6.07) is 8.04. The Morgan fingerprint density at radius 2 is 1.85 bits per heavy atom. The SMILES string of the molecule is Cc1ccc(NC(=O)c2nnc(C(=O)NCCN3CCCC[C@H]3C)s2)cc1. The van der Waals surface area contributed by atoms with Crippen LogP contribution in [0.25, 0.3) is 0 Å². The number of carbonyl (C=O) groups excluding carboxylic acids is 2. The van der Waals surface area contributed by atoms with E-state index in [0.717, 1.165) is 30.0 Å². The van der Waals surface area contributed by atoms with Gasteiger partial charge in [0.05, 0.1) is 0 Å². The number of aromatic nitrogens is 2. The van der Waals surface area contributed by atoms with Gasteiger partial charge in [-0.15, -0.1) is 10.2 Å². The maximum absolute atomic E-state index is 12.3. The number of benzene rings is 1. The van der Waals surface area contributed by atoms with E-state index in [1.807, 2.05) is 31.2 Å². The summed E-state index contributed by atoms with van der Waals surface area (Å²) >= 11 is 0.998. The summed E-state index contributed by atoms with van der Waals surface area (Å²) in [5.74, 6) is -0.649. The van der Waals surface area contributed by atoms with Crippen molar-refractivity contribution in [3.8, 4) is 0 Å². The number of amides is 2. The first-order chi connectivity index (χ1) is 13.0. The molecular formula is C19H25N5O2S. The van der Waals surface area contributed by atoms with E-state index < -0.39 is 0 Å². The smallest absolute Gasteiger partial charge is 0.286 e. The molecule has 2 heterocycles. The highest BCUT2D eigenvalue weighted by molar-refractivity contribution is 7.15. The van der Waals surface area contributed by atoms with Crippen molar-refractivity contribution in [3.05, 3.63) is 39.8 Å². The summed E-state index contributed by atoms with van der Waals surface area (Å²) in [6.45, 7) is 6.68. The van der Waals surface area contributed by atoms with Gasteiger partial charge in [-0.05, 0) is 45.4 Å². The van der Waals surface area contributed by atoms with Gasteiger partial charge in [0, 0.05) is 24.8 Å². The molecule has 0 saturated carbocycles. The Morgan fingerprint density at radius 1 is 1.15 bits per heavy atom. The number of piperidine rings is 1. The fourth-order valence-corrected chi connectivity index (χ4v) is 3.76. The van der Waals surface area contributed by atoms with Crippen molar-refractivity contribution in [1.29, 1.82) is 0 Å². The fourth-order valence-electron chi connectivity index (χ4n) is 3.11. The topological polar surface area (TPSA) is 87.2 Å². The minimum atomic E-state index is -0.363. The van der Waals surface area contributed by atoms with E-state index >= 15 is 0 Å². The summed E-state index contributed by atoms with van der Waals surface area (Å²) in [4.78, 5) is 26.9. The lowest BCUT2D eigenvalue weighted by atomic mass is 10.0. The number of aryl methyl sites for hydroxylation is 1. The third-order valence-corrected chi connectivity index (χ3v) is 5.67. The first kappa shape index (κ1) is 19.4. The molecule has 1 saturated heterocycles. The third-order valence-electron chi connectivity index (χ3n) is 4.75. The Labute approximate surface area is 163 Å². The first-order valence-electron chi connectivity index (χ1n) is 9.26. The molecule has 1 fully saturated rings. The highest BCUT2D eigenvalue weighted by atomic mass is 32.1. The second-order valence-corrected chi connectivity index (χ2v) is 7.85. The third kappa shape index (κ3) is 5.33. The summed E-state index contributed by atoms with van der Waals surface area (Å²) in [6.07, 6.45) is 3.71. The van der Waals surface area contributed by atoms with Crippen LogP contribution in [0.15, 0.2) is 24.3 Å². The molecule has 2 aromatic rings. The zero-order valence-corrected chi connectivity index (χ0v) is 16.5. The predicted octanol–water partition coefficient (Wildman–Crippen LogP) is 2.70. The summed E-state index contributed by atoms with van der Waals surface area (Å²) in [5.41, 5.74) is 1.80. The number of likely N-dealkylation sites (tertiary alicyclic amines) is 1. The van der Waals surface area contributed by atoms with Crippen LogP contribution in [-0.4, -0.2) is 52.6 Å². The molecule has 0 radical (unpaired) electrons. The molecule has 0 aliphatic carbocycles. The molecule has 27 heavy (non-hydrogen) atoms. The molecule has 1 aliphatic rings. The van der Waals surface area contributed by atoms with Crippen LogP contribution in [0.1, 0.15) is 51.4 Å². The highest BCUT2D eigenvalue weighted by Crippen LogP contribution is 2.16. The Hall–Kier alpha value is -2.32. The van der Waals surface area contributed by atoms with Crippen molar-refractivity contribution in [2.75, 3.05) is 25.0 Å². The molecule has 0 spiro atoms. The lowest BCUT2D eigenvalue weighted by Crippen LogP contribution is -2.42. The average Bonchev–Trinajstić information content (AvgIpc) is 3.15. The van der Waals surface area contributed by atoms with Crippen LogP contribution in [0.4, 0.5) is 5.69 Å². The van der Waals surface area contributed by atoms with E-state index in [-0.39, 0.29) is 21.8 Å². The van der Waals surface area contributed by atoms with E-state index in [1.54, 1.807) is 0 Å². The van der Waals surface area contributed by atoms with Gasteiger partial charge in [0.2, 0.25) is 10.0 Å². The van der Waals surface area contributed by atoms with Gasteiger partial charge < -0.3 is 10.6 Å². The molecule has 1 aromatic carbocycles. The number of carbonyl (C=O) groups is 2. The summed E-state index contributed by atoms with van der Waals surface area (Å²) < 4.78 is 0. The van der Waals surface area contributed by atoms with E-state index in [2.05, 4.69) is 32.7 Å². The van der Waals surface area contributed by atoms with E-state index in [0.29, 0.717) is 18.3 Å². The monoisotopic (exact) mass is 387 g/mol. The van der Waals surface area contributed by atoms with Gasteiger partial charge in [0.15, 0.2) is 0 Å². The maximum atomic E-state index is 12.3. The average molecular weight is 388 g/mol. The van der Waals surface area contributed by atoms with Crippen LogP contribution in [0.2, 0.25) is 0 Å². The highest BCUT2D eigenvalue weighted by Gasteiger charge is 2.20. The van der Waals surface area contributed by atoms with Gasteiger partial charge in [-0.25, -0.2) is 0 Å². The molecule has 8 heteroatoms. The summed E-state index contributed by atoms with van der Waals surface area (Å²) in [7, 11) is 0. The number of nitrogens with one attached hydrogen (secondary N) is 2.